The van der Waals surface area contributed by atoms with Crippen molar-refractivity contribution in [3.8, 4) is 0 Å². The molecule has 0 unspecified atom stereocenters. The fourth-order valence-electron chi connectivity index (χ4n) is 2.41. The molecule has 0 saturated carbocycles. The van der Waals surface area contributed by atoms with Crippen LogP contribution in [-0.4, -0.2) is 6.29 Å². The van der Waals surface area contributed by atoms with Crippen LogP contribution in [0.15, 0.2) is 42.5 Å². The summed E-state index contributed by atoms with van der Waals surface area (Å²) in [5, 5.41) is 3.46. The predicted octanol–water partition coefficient (Wildman–Crippen LogP) is 2.97. The number of hydrogen-bond acceptors (Lipinski definition) is 3. The van der Waals surface area contributed by atoms with Crippen molar-refractivity contribution in [1.29, 1.82) is 0 Å². The first-order valence-electron chi connectivity index (χ1n) is 5.67. The second kappa shape index (κ2) is 3.74. The third-order valence-electron chi connectivity index (χ3n) is 3.25. The van der Waals surface area contributed by atoms with Crippen molar-refractivity contribution in [2.45, 2.75) is 0 Å². The molecule has 0 spiro atoms. The molecule has 0 heterocycles. The van der Waals surface area contributed by atoms with Gasteiger partial charge in [0.15, 0.2) is 6.29 Å². The van der Waals surface area contributed by atoms with E-state index in [0.29, 0.717) is 16.9 Å². The zero-order valence-corrected chi connectivity index (χ0v) is 9.68. The highest BCUT2D eigenvalue weighted by Crippen LogP contribution is 2.33. The molecule has 0 bridgehead atoms. The van der Waals surface area contributed by atoms with Gasteiger partial charge in [-0.1, -0.05) is 24.3 Å². The van der Waals surface area contributed by atoms with Crippen molar-refractivity contribution in [3.05, 3.63) is 48.0 Å². The third-order valence-corrected chi connectivity index (χ3v) is 3.25. The van der Waals surface area contributed by atoms with Gasteiger partial charge in [-0.15, -0.1) is 0 Å². The van der Waals surface area contributed by atoms with Gasteiger partial charge < -0.3 is 11.5 Å². The summed E-state index contributed by atoms with van der Waals surface area (Å²) in [6.07, 6.45) is 0.848. The zero-order chi connectivity index (χ0) is 12.7. The average Bonchev–Trinajstić information content (AvgIpc) is 2.38. The Labute approximate surface area is 104 Å². The molecular formula is C15H12N2O. The molecule has 0 aliphatic rings. The number of aldehydes is 1. The maximum Gasteiger partial charge on any atom is 0.151 e. The highest BCUT2D eigenvalue weighted by molar-refractivity contribution is 6.17. The molecule has 88 valence electrons. The SMILES string of the molecule is Nc1cccc2c(C=O)c3c(N)cccc3cc12. The van der Waals surface area contributed by atoms with Crippen LogP contribution in [-0.2, 0) is 0 Å². The van der Waals surface area contributed by atoms with E-state index in [-0.39, 0.29) is 0 Å². The number of carbonyl (C=O) groups excluding carboxylic acids is 1. The average molecular weight is 236 g/mol. The summed E-state index contributed by atoms with van der Waals surface area (Å²) in [6.45, 7) is 0. The van der Waals surface area contributed by atoms with Crippen LogP contribution in [0.3, 0.4) is 0 Å². The molecule has 0 fully saturated rings. The van der Waals surface area contributed by atoms with E-state index < -0.39 is 0 Å². The molecule has 3 heteroatoms. The Hall–Kier alpha value is -2.55. The second-order valence-electron chi connectivity index (χ2n) is 4.30. The van der Waals surface area contributed by atoms with E-state index >= 15 is 0 Å². The van der Waals surface area contributed by atoms with Crippen LogP contribution in [0.5, 0.6) is 0 Å². The minimum absolute atomic E-state index is 0.605. The van der Waals surface area contributed by atoms with Gasteiger partial charge >= 0.3 is 0 Å². The fourth-order valence-corrected chi connectivity index (χ4v) is 2.41. The van der Waals surface area contributed by atoms with Crippen LogP contribution in [0.4, 0.5) is 11.4 Å². The first-order chi connectivity index (χ1) is 8.72. The number of carbonyl (C=O) groups is 1. The lowest BCUT2D eigenvalue weighted by molar-refractivity contribution is 0.112. The summed E-state index contributed by atoms with van der Waals surface area (Å²) in [6, 6.07) is 13.1. The quantitative estimate of drug-likeness (QED) is 0.387. The standard InChI is InChI=1S/C15H12N2O/c16-13-5-2-4-10-11(13)7-9-3-1-6-14(17)15(9)12(10)8-18/h1-8H,16-17H2. The van der Waals surface area contributed by atoms with Crippen molar-refractivity contribution in [2.24, 2.45) is 0 Å². The maximum absolute atomic E-state index is 11.4. The lowest BCUT2D eigenvalue weighted by atomic mass is 9.95. The Morgan fingerprint density at radius 3 is 2.39 bits per heavy atom. The molecule has 3 nitrogen and oxygen atoms in total. The molecule has 3 aromatic rings. The smallest absolute Gasteiger partial charge is 0.151 e. The highest BCUT2D eigenvalue weighted by atomic mass is 16.1. The molecule has 0 aliphatic carbocycles. The van der Waals surface area contributed by atoms with E-state index in [2.05, 4.69) is 0 Å². The largest absolute Gasteiger partial charge is 0.398 e. The van der Waals surface area contributed by atoms with Crippen molar-refractivity contribution < 1.29 is 4.79 Å². The van der Waals surface area contributed by atoms with Crippen LogP contribution in [0.2, 0.25) is 0 Å². The summed E-state index contributed by atoms with van der Waals surface area (Å²) in [7, 11) is 0. The van der Waals surface area contributed by atoms with Crippen molar-refractivity contribution in [3.63, 3.8) is 0 Å². The van der Waals surface area contributed by atoms with Gasteiger partial charge in [0.2, 0.25) is 0 Å². The number of rotatable bonds is 1. The Bertz CT molecular complexity index is 778. The van der Waals surface area contributed by atoms with E-state index in [1.165, 1.54) is 0 Å². The van der Waals surface area contributed by atoms with Crippen LogP contribution in [0.1, 0.15) is 10.4 Å². The van der Waals surface area contributed by atoms with Gasteiger partial charge in [0.05, 0.1) is 0 Å². The monoisotopic (exact) mass is 236 g/mol. The fraction of sp³-hybridized carbons (Fsp3) is 0. The van der Waals surface area contributed by atoms with Gasteiger partial charge in [0.25, 0.3) is 0 Å². The first kappa shape index (κ1) is 10.6. The summed E-state index contributed by atoms with van der Waals surface area (Å²) in [5.74, 6) is 0. The summed E-state index contributed by atoms with van der Waals surface area (Å²) >= 11 is 0. The molecule has 0 atom stereocenters. The van der Waals surface area contributed by atoms with E-state index in [1.54, 1.807) is 6.07 Å². The van der Waals surface area contributed by atoms with Crippen molar-refractivity contribution in [1.82, 2.24) is 0 Å². The van der Waals surface area contributed by atoms with Crippen LogP contribution >= 0.6 is 0 Å². The number of nitrogen functional groups attached to an aromatic ring is 2. The molecule has 4 N–H and O–H groups in total. The highest BCUT2D eigenvalue weighted by Gasteiger charge is 2.10. The van der Waals surface area contributed by atoms with Gasteiger partial charge in [-0.05, 0) is 29.0 Å². The van der Waals surface area contributed by atoms with E-state index in [4.69, 9.17) is 11.5 Å². The van der Waals surface area contributed by atoms with E-state index in [9.17, 15) is 4.79 Å². The third kappa shape index (κ3) is 1.34. The summed E-state index contributed by atoms with van der Waals surface area (Å²) in [4.78, 5) is 11.4. The Kier molecular flexibility index (Phi) is 2.20. The maximum atomic E-state index is 11.4. The Morgan fingerprint density at radius 1 is 0.889 bits per heavy atom. The molecular weight excluding hydrogens is 224 g/mol. The summed E-state index contributed by atoms with van der Waals surface area (Å²) < 4.78 is 0. The minimum Gasteiger partial charge on any atom is -0.398 e. The number of fused-ring (bicyclic) bond motifs is 2. The van der Waals surface area contributed by atoms with E-state index in [1.807, 2.05) is 36.4 Å². The predicted molar refractivity (Wildman–Crippen MR) is 75.7 cm³/mol. The molecule has 0 radical (unpaired) electrons. The topological polar surface area (TPSA) is 69.1 Å². The number of anilines is 2. The minimum atomic E-state index is 0.605. The summed E-state index contributed by atoms with van der Waals surface area (Å²) in [5.41, 5.74) is 13.8. The van der Waals surface area contributed by atoms with Gasteiger partial charge in [-0.25, -0.2) is 0 Å². The zero-order valence-electron chi connectivity index (χ0n) is 9.68. The molecule has 0 amide bonds. The molecule has 3 aromatic carbocycles. The van der Waals surface area contributed by atoms with Gasteiger partial charge in [0.1, 0.15) is 0 Å². The van der Waals surface area contributed by atoms with Crippen LogP contribution in [0.25, 0.3) is 21.5 Å². The van der Waals surface area contributed by atoms with Gasteiger partial charge in [0, 0.05) is 27.7 Å². The molecule has 0 saturated heterocycles. The van der Waals surface area contributed by atoms with E-state index in [0.717, 1.165) is 27.8 Å². The van der Waals surface area contributed by atoms with Crippen molar-refractivity contribution in [2.75, 3.05) is 11.5 Å². The van der Waals surface area contributed by atoms with Crippen LogP contribution in [0, 0.1) is 0 Å². The van der Waals surface area contributed by atoms with Crippen LogP contribution < -0.4 is 11.5 Å². The molecule has 18 heavy (non-hydrogen) atoms. The van der Waals surface area contributed by atoms with Gasteiger partial charge in [-0.2, -0.15) is 0 Å². The molecule has 0 aliphatic heterocycles. The second-order valence-corrected chi connectivity index (χ2v) is 4.30. The molecule has 0 aromatic heterocycles. The number of hydrogen-bond donors (Lipinski definition) is 2. The van der Waals surface area contributed by atoms with Gasteiger partial charge in [-0.3, -0.25) is 4.79 Å². The Balaban J connectivity index is 2.66. The van der Waals surface area contributed by atoms with Crippen molar-refractivity contribution >= 4 is 39.2 Å². The first-order valence-corrected chi connectivity index (χ1v) is 5.67. The number of benzene rings is 3. The normalized spacial score (nSPS) is 10.9. The molecule has 3 rings (SSSR count). The lowest BCUT2D eigenvalue weighted by Gasteiger charge is -2.10. The lowest BCUT2D eigenvalue weighted by Crippen LogP contribution is -1.95. The number of nitrogens with two attached hydrogens (primary N) is 2. The Morgan fingerprint density at radius 2 is 1.61 bits per heavy atom.